The van der Waals surface area contributed by atoms with E-state index in [4.69, 9.17) is 5.11 Å². The number of aliphatic hydroxyl groups excluding tert-OH is 1. The minimum absolute atomic E-state index is 0.191. The van der Waals surface area contributed by atoms with Crippen LogP contribution in [-0.4, -0.2) is 14.9 Å². The van der Waals surface area contributed by atoms with Gasteiger partial charge in [-0.15, -0.1) is 0 Å². The van der Waals surface area contributed by atoms with Crippen molar-refractivity contribution in [3.63, 3.8) is 0 Å². The van der Waals surface area contributed by atoms with E-state index >= 15 is 0 Å². The molecule has 4 heteroatoms. The highest BCUT2D eigenvalue weighted by atomic mass is 19.1. The molecule has 1 heterocycles. The number of rotatable bonds is 2. The summed E-state index contributed by atoms with van der Waals surface area (Å²) in [6.45, 7) is 1.71. The van der Waals surface area contributed by atoms with Crippen LogP contribution in [0, 0.1) is 12.7 Å². The van der Waals surface area contributed by atoms with Crippen LogP contribution in [0.3, 0.4) is 0 Å². The summed E-state index contributed by atoms with van der Waals surface area (Å²) >= 11 is 0. The molecule has 1 N–H and O–H groups in total. The standard InChI is InChI=1S/C12H13FN2O/c1-8-3-4-11(13)9(5-8)10-6-15(2)14-12(10)7-16/h3-6,16H,7H2,1-2H3. The average Bonchev–Trinajstić information content (AvgIpc) is 2.63. The zero-order valence-electron chi connectivity index (χ0n) is 9.24. The molecule has 0 aliphatic heterocycles. The minimum Gasteiger partial charge on any atom is -0.390 e. The van der Waals surface area contributed by atoms with E-state index in [0.717, 1.165) is 5.56 Å². The van der Waals surface area contributed by atoms with Gasteiger partial charge in [-0.05, 0) is 19.1 Å². The molecule has 0 radical (unpaired) electrons. The molecule has 0 aliphatic rings. The van der Waals surface area contributed by atoms with E-state index in [1.807, 2.05) is 6.92 Å². The van der Waals surface area contributed by atoms with Crippen molar-refractivity contribution in [2.45, 2.75) is 13.5 Å². The van der Waals surface area contributed by atoms with Gasteiger partial charge in [0, 0.05) is 24.4 Å². The van der Waals surface area contributed by atoms with E-state index in [-0.39, 0.29) is 12.4 Å². The SMILES string of the molecule is Cc1ccc(F)c(-c2cn(C)nc2CO)c1. The number of halogens is 1. The highest BCUT2D eigenvalue weighted by Crippen LogP contribution is 2.26. The first-order valence-electron chi connectivity index (χ1n) is 5.01. The van der Waals surface area contributed by atoms with Crippen molar-refractivity contribution in [3.05, 3.63) is 41.5 Å². The Balaban J connectivity index is 2.61. The molecule has 0 aliphatic carbocycles. The molecule has 0 spiro atoms. The largest absolute Gasteiger partial charge is 0.390 e. The maximum Gasteiger partial charge on any atom is 0.131 e. The van der Waals surface area contributed by atoms with Gasteiger partial charge < -0.3 is 5.11 Å². The topological polar surface area (TPSA) is 38.0 Å². The fraction of sp³-hybridized carbons (Fsp3) is 0.250. The van der Waals surface area contributed by atoms with Crippen molar-refractivity contribution in [1.82, 2.24) is 9.78 Å². The van der Waals surface area contributed by atoms with E-state index in [0.29, 0.717) is 16.8 Å². The molecule has 0 saturated heterocycles. The molecule has 0 bridgehead atoms. The minimum atomic E-state index is -0.298. The Bertz CT molecular complexity index is 520. The Morgan fingerprint density at radius 2 is 2.12 bits per heavy atom. The van der Waals surface area contributed by atoms with Crippen LogP contribution in [0.15, 0.2) is 24.4 Å². The van der Waals surface area contributed by atoms with Crippen molar-refractivity contribution in [2.24, 2.45) is 7.05 Å². The van der Waals surface area contributed by atoms with E-state index < -0.39 is 0 Å². The molecular formula is C12H13FN2O. The normalized spacial score (nSPS) is 10.8. The van der Waals surface area contributed by atoms with E-state index in [1.54, 1.807) is 30.1 Å². The molecular weight excluding hydrogens is 207 g/mol. The second-order valence-corrected chi connectivity index (χ2v) is 3.80. The predicted molar refractivity (Wildman–Crippen MR) is 59.3 cm³/mol. The maximum absolute atomic E-state index is 13.7. The smallest absolute Gasteiger partial charge is 0.131 e. The first-order chi connectivity index (χ1) is 7.61. The summed E-state index contributed by atoms with van der Waals surface area (Å²) in [4.78, 5) is 0. The number of aromatic nitrogens is 2. The van der Waals surface area contributed by atoms with Crippen LogP contribution in [0.2, 0.25) is 0 Å². The van der Waals surface area contributed by atoms with Crippen molar-refractivity contribution in [1.29, 1.82) is 0 Å². The number of aliphatic hydroxyl groups is 1. The zero-order chi connectivity index (χ0) is 11.7. The number of nitrogens with zero attached hydrogens (tertiary/aromatic N) is 2. The first-order valence-corrected chi connectivity index (χ1v) is 5.01. The first kappa shape index (κ1) is 10.8. The molecule has 16 heavy (non-hydrogen) atoms. The van der Waals surface area contributed by atoms with Crippen LogP contribution in [0.5, 0.6) is 0 Å². The molecule has 0 saturated carbocycles. The molecule has 0 unspecified atom stereocenters. The third-order valence-corrected chi connectivity index (χ3v) is 2.47. The van der Waals surface area contributed by atoms with Gasteiger partial charge >= 0.3 is 0 Å². The summed E-state index contributed by atoms with van der Waals surface area (Å²) in [6, 6.07) is 4.90. The highest BCUT2D eigenvalue weighted by molar-refractivity contribution is 5.66. The zero-order valence-corrected chi connectivity index (χ0v) is 9.24. The Morgan fingerprint density at radius 1 is 1.38 bits per heavy atom. The van der Waals surface area contributed by atoms with Gasteiger partial charge in [0.2, 0.25) is 0 Å². The fourth-order valence-electron chi connectivity index (χ4n) is 1.72. The summed E-state index contributed by atoms with van der Waals surface area (Å²) in [5.41, 5.74) is 2.60. The van der Waals surface area contributed by atoms with Crippen molar-refractivity contribution >= 4 is 0 Å². The third kappa shape index (κ3) is 1.84. The second-order valence-electron chi connectivity index (χ2n) is 3.80. The fourth-order valence-corrected chi connectivity index (χ4v) is 1.72. The van der Waals surface area contributed by atoms with Gasteiger partial charge in [0.05, 0.1) is 12.3 Å². The monoisotopic (exact) mass is 220 g/mol. The molecule has 2 rings (SSSR count). The average molecular weight is 220 g/mol. The number of hydrogen-bond acceptors (Lipinski definition) is 2. The molecule has 1 aromatic carbocycles. The number of aryl methyl sites for hydroxylation is 2. The van der Waals surface area contributed by atoms with Gasteiger partial charge in [-0.25, -0.2) is 4.39 Å². The van der Waals surface area contributed by atoms with Crippen LogP contribution < -0.4 is 0 Å². The van der Waals surface area contributed by atoms with Crippen LogP contribution in [0.1, 0.15) is 11.3 Å². The van der Waals surface area contributed by atoms with Gasteiger partial charge in [-0.1, -0.05) is 11.6 Å². The summed E-state index contributed by atoms with van der Waals surface area (Å²) in [7, 11) is 1.75. The van der Waals surface area contributed by atoms with Crippen LogP contribution in [0.4, 0.5) is 4.39 Å². The van der Waals surface area contributed by atoms with Crippen LogP contribution in [0.25, 0.3) is 11.1 Å². The number of hydrogen-bond donors (Lipinski definition) is 1. The lowest BCUT2D eigenvalue weighted by Crippen LogP contribution is -1.91. The molecule has 0 amide bonds. The third-order valence-electron chi connectivity index (χ3n) is 2.47. The van der Waals surface area contributed by atoms with E-state index in [9.17, 15) is 4.39 Å². The molecule has 1 aromatic heterocycles. The van der Waals surface area contributed by atoms with Crippen molar-refractivity contribution < 1.29 is 9.50 Å². The number of benzene rings is 1. The molecule has 2 aromatic rings. The Morgan fingerprint density at radius 3 is 2.81 bits per heavy atom. The van der Waals surface area contributed by atoms with E-state index in [2.05, 4.69) is 5.10 Å². The quantitative estimate of drug-likeness (QED) is 0.840. The Hall–Kier alpha value is -1.68. The lowest BCUT2D eigenvalue weighted by atomic mass is 10.0. The summed E-state index contributed by atoms with van der Waals surface area (Å²) in [6.07, 6.45) is 1.71. The van der Waals surface area contributed by atoms with E-state index in [1.165, 1.54) is 6.07 Å². The Labute approximate surface area is 93.2 Å². The van der Waals surface area contributed by atoms with Gasteiger partial charge in [0.15, 0.2) is 0 Å². The molecule has 3 nitrogen and oxygen atoms in total. The lowest BCUT2D eigenvalue weighted by molar-refractivity contribution is 0.276. The summed E-state index contributed by atoms with van der Waals surface area (Å²) in [5, 5.41) is 13.2. The second kappa shape index (κ2) is 4.06. The lowest BCUT2D eigenvalue weighted by Gasteiger charge is -2.03. The van der Waals surface area contributed by atoms with Gasteiger partial charge in [-0.3, -0.25) is 4.68 Å². The van der Waals surface area contributed by atoms with Crippen molar-refractivity contribution in [3.8, 4) is 11.1 Å². The van der Waals surface area contributed by atoms with Gasteiger partial charge in [-0.2, -0.15) is 5.10 Å². The maximum atomic E-state index is 13.7. The van der Waals surface area contributed by atoms with Crippen LogP contribution in [-0.2, 0) is 13.7 Å². The highest BCUT2D eigenvalue weighted by Gasteiger charge is 2.12. The predicted octanol–water partition coefficient (Wildman–Crippen LogP) is 2.03. The Kier molecular flexibility index (Phi) is 2.75. The molecule has 0 fully saturated rings. The van der Waals surface area contributed by atoms with Crippen molar-refractivity contribution in [2.75, 3.05) is 0 Å². The summed E-state index contributed by atoms with van der Waals surface area (Å²) < 4.78 is 15.2. The van der Waals surface area contributed by atoms with Gasteiger partial charge in [0.1, 0.15) is 5.82 Å². The molecule has 84 valence electrons. The molecule has 0 atom stereocenters. The summed E-state index contributed by atoms with van der Waals surface area (Å²) in [5.74, 6) is -0.298. The van der Waals surface area contributed by atoms with Gasteiger partial charge in [0.25, 0.3) is 0 Å². The van der Waals surface area contributed by atoms with Crippen LogP contribution >= 0.6 is 0 Å².